The Morgan fingerprint density at radius 2 is 2.00 bits per heavy atom. The summed E-state index contributed by atoms with van der Waals surface area (Å²) in [5, 5.41) is 3.65. The van der Waals surface area contributed by atoms with Crippen molar-refractivity contribution in [3.8, 4) is 0 Å². The van der Waals surface area contributed by atoms with Crippen molar-refractivity contribution in [3.63, 3.8) is 0 Å². The Morgan fingerprint density at radius 1 is 1.14 bits per heavy atom. The van der Waals surface area contributed by atoms with Gasteiger partial charge in [0, 0.05) is 61.2 Å². The van der Waals surface area contributed by atoms with Crippen molar-refractivity contribution < 1.29 is 4.39 Å². The highest BCUT2D eigenvalue weighted by molar-refractivity contribution is 9.10. The van der Waals surface area contributed by atoms with E-state index in [9.17, 15) is 4.39 Å². The van der Waals surface area contributed by atoms with Gasteiger partial charge in [0.2, 0.25) is 0 Å². The Kier molecular flexibility index (Phi) is 6.34. The van der Waals surface area contributed by atoms with E-state index in [0.717, 1.165) is 67.8 Å². The van der Waals surface area contributed by atoms with E-state index in [1.807, 2.05) is 12.4 Å². The van der Waals surface area contributed by atoms with Crippen LogP contribution in [0.3, 0.4) is 0 Å². The van der Waals surface area contributed by atoms with E-state index < -0.39 is 0 Å². The molecule has 1 saturated heterocycles. The summed E-state index contributed by atoms with van der Waals surface area (Å²) >= 11 is 3.47. The zero-order chi connectivity index (χ0) is 19.3. The van der Waals surface area contributed by atoms with Crippen molar-refractivity contribution >= 4 is 21.6 Å². The topological polar surface area (TPSA) is 44.3 Å². The predicted molar refractivity (Wildman–Crippen MR) is 113 cm³/mol. The average Bonchev–Trinajstić information content (AvgIpc) is 2.71. The number of aromatic nitrogens is 2. The Morgan fingerprint density at radius 3 is 2.82 bits per heavy atom. The Balaban J connectivity index is 1.22. The number of fused-ring (bicyclic) bond motifs is 1. The summed E-state index contributed by atoms with van der Waals surface area (Å²) in [5.74, 6) is -0.272. The van der Waals surface area contributed by atoms with Gasteiger partial charge in [-0.1, -0.05) is 6.08 Å². The maximum Gasteiger partial charge on any atom is 0.143 e. The second-order valence-corrected chi connectivity index (χ2v) is 8.33. The van der Waals surface area contributed by atoms with Gasteiger partial charge in [-0.3, -0.25) is 9.97 Å². The van der Waals surface area contributed by atoms with Crippen molar-refractivity contribution in [1.29, 1.82) is 0 Å². The SMILES string of the molecule is Fc1cnc2c(c1)N(CCN1CCC(NCc3cncc(Br)c3)CC1)C=CC2. The molecule has 0 bridgehead atoms. The molecule has 7 heteroatoms. The number of likely N-dealkylation sites (tertiary alicyclic amines) is 1. The van der Waals surface area contributed by atoms with Gasteiger partial charge in [0.05, 0.1) is 17.6 Å². The Hall–Kier alpha value is -1.83. The lowest BCUT2D eigenvalue weighted by Crippen LogP contribution is -2.44. The molecule has 28 heavy (non-hydrogen) atoms. The number of hydrogen-bond acceptors (Lipinski definition) is 5. The van der Waals surface area contributed by atoms with Gasteiger partial charge < -0.3 is 15.1 Å². The fourth-order valence-corrected chi connectivity index (χ4v) is 4.27. The van der Waals surface area contributed by atoms with E-state index in [2.05, 4.69) is 59.4 Å². The minimum atomic E-state index is -0.272. The molecule has 0 atom stereocenters. The first-order chi connectivity index (χ1) is 13.7. The van der Waals surface area contributed by atoms with Crippen LogP contribution in [0.2, 0.25) is 0 Å². The lowest BCUT2D eigenvalue weighted by atomic mass is 10.0. The summed E-state index contributed by atoms with van der Waals surface area (Å²) in [6.07, 6.45) is 12.2. The van der Waals surface area contributed by atoms with E-state index in [-0.39, 0.29) is 5.82 Å². The minimum Gasteiger partial charge on any atom is -0.345 e. The molecule has 0 unspecified atom stereocenters. The number of halogens is 2. The highest BCUT2D eigenvalue weighted by Crippen LogP contribution is 2.25. The normalized spacial score (nSPS) is 17.7. The average molecular weight is 446 g/mol. The van der Waals surface area contributed by atoms with Crippen molar-refractivity contribution in [2.75, 3.05) is 31.1 Å². The third kappa shape index (κ3) is 4.96. The van der Waals surface area contributed by atoms with E-state index in [0.29, 0.717) is 6.04 Å². The van der Waals surface area contributed by atoms with Crippen molar-refractivity contribution in [3.05, 3.63) is 64.5 Å². The van der Waals surface area contributed by atoms with Gasteiger partial charge in [-0.2, -0.15) is 0 Å². The molecule has 5 nitrogen and oxygen atoms in total. The van der Waals surface area contributed by atoms with E-state index in [4.69, 9.17) is 0 Å². The molecule has 0 radical (unpaired) electrons. The molecule has 4 rings (SSSR count). The highest BCUT2D eigenvalue weighted by atomic mass is 79.9. The van der Waals surface area contributed by atoms with Crippen molar-refractivity contribution in [1.82, 2.24) is 20.2 Å². The van der Waals surface area contributed by atoms with E-state index in [1.165, 1.54) is 11.8 Å². The molecule has 2 aromatic rings. The molecule has 148 valence electrons. The molecule has 0 saturated carbocycles. The van der Waals surface area contributed by atoms with Gasteiger partial charge >= 0.3 is 0 Å². The van der Waals surface area contributed by atoms with Gasteiger partial charge in [-0.25, -0.2) is 4.39 Å². The molecule has 0 aliphatic carbocycles. The zero-order valence-corrected chi connectivity index (χ0v) is 17.4. The molecule has 1 fully saturated rings. The standard InChI is InChI=1S/C21H25BrFN5/c22-17-10-16(12-24-14-17)13-25-19-3-6-27(7-4-19)8-9-28-5-1-2-20-21(28)11-18(23)15-26-20/h1,5,10-12,14-15,19,25H,2-4,6-9,13H2. The van der Waals surface area contributed by atoms with Crippen LogP contribution in [-0.2, 0) is 13.0 Å². The van der Waals surface area contributed by atoms with Crippen LogP contribution in [0.5, 0.6) is 0 Å². The Bertz CT molecular complexity index is 835. The molecule has 4 heterocycles. The smallest absolute Gasteiger partial charge is 0.143 e. The molecular formula is C21H25BrFN5. The fraction of sp³-hybridized carbons (Fsp3) is 0.429. The monoisotopic (exact) mass is 445 g/mol. The number of allylic oxidation sites excluding steroid dienone is 1. The van der Waals surface area contributed by atoms with E-state index in [1.54, 1.807) is 6.07 Å². The van der Waals surface area contributed by atoms with Crippen LogP contribution in [-0.4, -0.2) is 47.1 Å². The summed E-state index contributed by atoms with van der Waals surface area (Å²) in [6, 6.07) is 4.25. The van der Waals surface area contributed by atoms with Crippen LogP contribution in [0.15, 0.2) is 47.5 Å². The van der Waals surface area contributed by atoms with Crippen LogP contribution in [0.4, 0.5) is 10.1 Å². The number of nitrogens with zero attached hydrogens (tertiary/aromatic N) is 4. The van der Waals surface area contributed by atoms with Crippen LogP contribution in [0.1, 0.15) is 24.1 Å². The maximum absolute atomic E-state index is 13.6. The summed E-state index contributed by atoms with van der Waals surface area (Å²) in [4.78, 5) is 13.1. The lowest BCUT2D eigenvalue weighted by molar-refractivity contribution is 0.201. The van der Waals surface area contributed by atoms with Gasteiger partial charge in [-0.05, 0) is 53.5 Å². The third-order valence-corrected chi connectivity index (χ3v) is 5.85. The van der Waals surface area contributed by atoms with Gasteiger partial charge in [0.1, 0.15) is 5.82 Å². The second-order valence-electron chi connectivity index (χ2n) is 7.41. The van der Waals surface area contributed by atoms with Crippen LogP contribution >= 0.6 is 15.9 Å². The molecular weight excluding hydrogens is 421 g/mol. The molecule has 0 spiro atoms. The molecule has 0 aromatic carbocycles. The van der Waals surface area contributed by atoms with Crippen molar-refractivity contribution in [2.45, 2.75) is 31.8 Å². The van der Waals surface area contributed by atoms with Crippen LogP contribution in [0, 0.1) is 5.82 Å². The molecule has 2 aliphatic rings. The summed E-state index contributed by atoms with van der Waals surface area (Å²) in [5.41, 5.74) is 3.06. The number of nitrogens with one attached hydrogen (secondary N) is 1. The molecule has 0 amide bonds. The van der Waals surface area contributed by atoms with Gasteiger partial charge in [0.15, 0.2) is 0 Å². The summed E-state index contributed by atoms with van der Waals surface area (Å²) in [6.45, 7) is 4.85. The first kappa shape index (κ1) is 19.5. The first-order valence-corrected chi connectivity index (χ1v) is 10.6. The van der Waals surface area contributed by atoms with Gasteiger partial charge in [-0.15, -0.1) is 0 Å². The molecule has 2 aliphatic heterocycles. The summed E-state index contributed by atoms with van der Waals surface area (Å²) in [7, 11) is 0. The molecule has 2 aromatic heterocycles. The zero-order valence-electron chi connectivity index (χ0n) is 15.8. The first-order valence-electron chi connectivity index (χ1n) is 9.80. The number of pyridine rings is 2. The fourth-order valence-electron chi connectivity index (χ4n) is 3.85. The summed E-state index contributed by atoms with van der Waals surface area (Å²) < 4.78 is 14.6. The van der Waals surface area contributed by atoms with E-state index >= 15 is 0 Å². The number of hydrogen-bond donors (Lipinski definition) is 1. The second kappa shape index (κ2) is 9.11. The minimum absolute atomic E-state index is 0.272. The Labute approximate surface area is 173 Å². The quantitative estimate of drug-likeness (QED) is 0.736. The largest absolute Gasteiger partial charge is 0.345 e. The van der Waals surface area contributed by atoms with Crippen LogP contribution < -0.4 is 10.2 Å². The number of rotatable bonds is 6. The number of piperidine rings is 1. The highest BCUT2D eigenvalue weighted by Gasteiger charge is 2.20. The van der Waals surface area contributed by atoms with Crippen LogP contribution in [0.25, 0.3) is 0 Å². The third-order valence-electron chi connectivity index (χ3n) is 5.42. The van der Waals surface area contributed by atoms with Gasteiger partial charge in [0.25, 0.3) is 0 Å². The lowest BCUT2D eigenvalue weighted by Gasteiger charge is -2.34. The maximum atomic E-state index is 13.6. The molecule has 1 N–H and O–H groups in total. The predicted octanol–water partition coefficient (Wildman–Crippen LogP) is 3.51. The number of anilines is 1. The van der Waals surface area contributed by atoms with Crippen molar-refractivity contribution in [2.24, 2.45) is 0 Å².